The van der Waals surface area contributed by atoms with E-state index in [2.05, 4.69) is 12.2 Å². The van der Waals surface area contributed by atoms with Gasteiger partial charge in [-0.3, -0.25) is 9.59 Å². The molecule has 1 aliphatic heterocycles. The highest BCUT2D eigenvalue weighted by molar-refractivity contribution is 5.97. The molecule has 1 fully saturated rings. The van der Waals surface area contributed by atoms with E-state index in [0.717, 1.165) is 29.0 Å². The largest absolute Gasteiger partial charge is 0.497 e. The number of benzene rings is 2. The lowest BCUT2D eigenvalue weighted by Crippen LogP contribution is -2.49. The van der Waals surface area contributed by atoms with Gasteiger partial charge in [-0.2, -0.15) is 0 Å². The van der Waals surface area contributed by atoms with E-state index in [9.17, 15) is 9.59 Å². The van der Waals surface area contributed by atoms with Gasteiger partial charge in [0.1, 0.15) is 5.75 Å². The normalized spacial score (nSPS) is 20.3. The smallest absolute Gasteiger partial charge is 0.227 e. The number of amides is 2. The monoisotopic (exact) mass is 394 g/mol. The molecular weight excluding hydrogens is 364 g/mol. The van der Waals surface area contributed by atoms with Crippen LogP contribution in [-0.2, 0) is 9.59 Å². The average molecular weight is 395 g/mol. The molecule has 0 aromatic heterocycles. The maximum Gasteiger partial charge on any atom is 0.227 e. The van der Waals surface area contributed by atoms with Crippen molar-refractivity contribution >= 4 is 17.5 Å². The maximum absolute atomic E-state index is 13.1. The van der Waals surface area contributed by atoms with Crippen molar-refractivity contribution in [1.29, 1.82) is 0 Å². The lowest BCUT2D eigenvalue weighted by molar-refractivity contribution is -0.129. The molecule has 5 heteroatoms. The quantitative estimate of drug-likeness (QED) is 0.790. The van der Waals surface area contributed by atoms with Crippen molar-refractivity contribution in [2.45, 2.75) is 52.1 Å². The minimum atomic E-state index is -0.353. The number of nitrogens with one attached hydrogen (secondary N) is 1. The summed E-state index contributed by atoms with van der Waals surface area (Å²) >= 11 is 0. The summed E-state index contributed by atoms with van der Waals surface area (Å²) in [5.41, 5.74) is 2.89. The first-order chi connectivity index (χ1) is 13.9. The molecule has 3 unspecified atom stereocenters. The van der Waals surface area contributed by atoms with Gasteiger partial charge in [-0.25, -0.2) is 0 Å². The molecule has 0 saturated carbocycles. The summed E-state index contributed by atoms with van der Waals surface area (Å²) < 4.78 is 5.28. The highest BCUT2D eigenvalue weighted by Gasteiger charge is 2.41. The minimum absolute atomic E-state index is 0.00443. The average Bonchev–Trinajstić information content (AvgIpc) is 2.74. The zero-order valence-corrected chi connectivity index (χ0v) is 17.6. The third kappa shape index (κ3) is 4.61. The van der Waals surface area contributed by atoms with Gasteiger partial charge in [-0.1, -0.05) is 36.8 Å². The summed E-state index contributed by atoms with van der Waals surface area (Å²) in [5.74, 6) is 0.488. The highest BCUT2D eigenvalue weighted by atomic mass is 16.5. The molecule has 0 spiro atoms. The second-order valence-electron chi connectivity index (χ2n) is 7.78. The summed E-state index contributed by atoms with van der Waals surface area (Å²) in [6.45, 7) is 6.08. The van der Waals surface area contributed by atoms with Gasteiger partial charge in [-0.05, 0) is 56.5 Å². The molecule has 2 aromatic carbocycles. The SMILES string of the molecule is CCC(C)NC(=O)C1CCC(=O)N(c2ccc(C)cc2)C1c1ccc(OC)cc1. The molecule has 2 amide bonds. The van der Waals surface area contributed by atoms with Gasteiger partial charge in [0.2, 0.25) is 11.8 Å². The number of anilines is 1. The van der Waals surface area contributed by atoms with Crippen LogP contribution >= 0.6 is 0 Å². The van der Waals surface area contributed by atoms with E-state index in [4.69, 9.17) is 4.74 Å². The predicted octanol–water partition coefficient (Wildman–Crippen LogP) is 4.40. The van der Waals surface area contributed by atoms with Gasteiger partial charge in [0, 0.05) is 18.2 Å². The summed E-state index contributed by atoms with van der Waals surface area (Å²) in [6.07, 6.45) is 1.77. The molecule has 154 valence electrons. The highest BCUT2D eigenvalue weighted by Crippen LogP contribution is 2.40. The molecule has 1 saturated heterocycles. The molecule has 3 atom stereocenters. The van der Waals surface area contributed by atoms with Crippen LogP contribution in [-0.4, -0.2) is 25.0 Å². The number of ether oxygens (including phenoxy) is 1. The Bertz CT molecular complexity index is 845. The van der Waals surface area contributed by atoms with Gasteiger partial charge in [-0.15, -0.1) is 0 Å². The molecule has 1 aliphatic rings. The second kappa shape index (κ2) is 9.12. The number of rotatable bonds is 6. The molecule has 5 nitrogen and oxygen atoms in total. The second-order valence-corrected chi connectivity index (χ2v) is 7.78. The fourth-order valence-electron chi connectivity index (χ4n) is 3.81. The van der Waals surface area contributed by atoms with Crippen molar-refractivity contribution in [3.8, 4) is 5.75 Å². The predicted molar refractivity (Wildman–Crippen MR) is 115 cm³/mol. The molecule has 1 N–H and O–H groups in total. The Hall–Kier alpha value is -2.82. The van der Waals surface area contributed by atoms with E-state index in [1.165, 1.54) is 0 Å². The Kier molecular flexibility index (Phi) is 6.57. The van der Waals surface area contributed by atoms with Gasteiger partial charge in [0.15, 0.2) is 0 Å². The number of carbonyl (C=O) groups is 2. The zero-order valence-electron chi connectivity index (χ0n) is 17.6. The van der Waals surface area contributed by atoms with Crippen LogP contribution in [0, 0.1) is 12.8 Å². The summed E-state index contributed by atoms with van der Waals surface area (Å²) in [6, 6.07) is 15.3. The summed E-state index contributed by atoms with van der Waals surface area (Å²) in [4.78, 5) is 27.9. The molecule has 1 heterocycles. The van der Waals surface area contributed by atoms with E-state index in [1.54, 1.807) is 12.0 Å². The van der Waals surface area contributed by atoms with Crippen molar-refractivity contribution in [2.75, 3.05) is 12.0 Å². The van der Waals surface area contributed by atoms with Crippen molar-refractivity contribution in [2.24, 2.45) is 5.92 Å². The lowest BCUT2D eigenvalue weighted by atomic mass is 9.83. The van der Waals surface area contributed by atoms with Crippen molar-refractivity contribution in [3.63, 3.8) is 0 Å². The van der Waals surface area contributed by atoms with Crippen LogP contribution in [0.25, 0.3) is 0 Å². The number of methoxy groups -OCH3 is 1. The fraction of sp³-hybridized carbons (Fsp3) is 0.417. The fourth-order valence-corrected chi connectivity index (χ4v) is 3.81. The van der Waals surface area contributed by atoms with Crippen molar-refractivity contribution in [3.05, 3.63) is 59.7 Å². The lowest BCUT2D eigenvalue weighted by Gasteiger charge is -2.41. The zero-order chi connectivity index (χ0) is 21.0. The number of hydrogen-bond donors (Lipinski definition) is 1. The van der Waals surface area contributed by atoms with Gasteiger partial charge >= 0.3 is 0 Å². The van der Waals surface area contributed by atoms with E-state index in [0.29, 0.717) is 12.8 Å². The molecule has 0 aliphatic carbocycles. The molecule has 0 bridgehead atoms. The van der Waals surface area contributed by atoms with E-state index in [-0.39, 0.29) is 29.8 Å². The number of aryl methyl sites for hydroxylation is 1. The molecule has 29 heavy (non-hydrogen) atoms. The Morgan fingerprint density at radius 1 is 1.17 bits per heavy atom. The van der Waals surface area contributed by atoms with E-state index in [1.807, 2.05) is 62.4 Å². The maximum atomic E-state index is 13.1. The topological polar surface area (TPSA) is 58.6 Å². The Balaban J connectivity index is 2.03. The Morgan fingerprint density at radius 3 is 2.41 bits per heavy atom. The third-order valence-electron chi connectivity index (χ3n) is 5.70. The number of hydrogen-bond acceptors (Lipinski definition) is 3. The molecule has 2 aromatic rings. The van der Waals surface area contributed by atoms with E-state index < -0.39 is 0 Å². The van der Waals surface area contributed by atoms with Crippen molar-refractivity contribution in [1.82, 2.24) is 5.32 Å². The van der Waals surface area contributed by atoms with Crippen LogP contribution in [0.3, 0.4) is 0 Å². The molecule has 3 rings (SSSR count). The van der Waals surface area contributed by atoms with Gasteiger partial charge in [0.05, 0.1) is 19.1 Å². The van der Waals surface area contributed by atoms with Crippen LogP contribution in [0.4, 0.5) is 5.69 Å². The van der Waals surface area contributed by atoms with Crippen LogP contribution in [0.15, 0.2) is 48.5 Å². The number of carbonyl (C=O) groups excluding carboxylic acids is 2. The number of piperidine rings is 1. The number of nitrogens with zero attached hydrogens (tertiary/aromatic N) is 1. The first-order valence-corrected chi connectivity index (χ1v) is 10.3. The summed E-state index contributed by atoms with van der Waals surface area (Å²) in [7, 11) is 1.63. The first kappa shape index (κ1) is 20.9. The minimum Gasteiger partial charge on any atom is -0.497 e. The summed E-state index contributed by atoms with van der Waals surface area (Å²) in [5, 5.41) is 3.12. The van der Waals surface area contributed by atoms with Gasteiger partial charge in [0.25, 0.3) is 0 Å². The Labute approximate surface area is 173 Å². The van der Waals surface area contributed by atoms with Crippen molar-refractivity contribution < 1.29 is 14.3 Å². The molecule has 0 radical (unpaired) electrons. The van der Waals surface area contributed by atoms with Crippen LogP contribution in [0.1, 0.15) is 50.3 Å². The Morgan fingerprint density at radius 2 is 1.83 bits per heavy atom. The van der Waals surface area contributed by atoms with Crippen LogP contribution in [0.5, 0.6) is 5.75 Å². The van der Waals surface area contributed by atoms with Crippen LogP contribution in [0.2, 0.25) is 0 Å². The first-order valence-electron chi connectivity index (χ1n) is 10.3. The van der Waals surface area contributed by atoms with Gasteiger partial charge < -0.3 is 15.0 Å². The molecular formula is C24H30N2O3. The van der Waals surface area contributed by atoms with Crippen LogP contribution < -0.4 is 15.0 Å². The standard InChI is InChI=1S/C24H30N2O3/c1-5-17(3)25-24(28)21-14-15-22(27)26(19-10-6-16(2)7-11-19)23(21)18-8-12-20(29-4)13-9-18/h6-13,17,21,23H,5,14-15H2,1-4H3,(H,25,28). The third-order valence-corrected chi connectivity index (χ3v) is 5.70. The van der Waals surface area contributed by atoms with E-state index >= 15 is 0 Å².